The zero-order valence-electron chi connectivity index (χ0n) is 18.8. The summed E-state index contributed by atoms with van der Waals surface area (Å²) in [5.41, 5.74) is 1.46. The number of fused-ring (bicyclic) bond motifs is 1. The Hall–Kier alpha value is -3.20. The summed E-state index contributed by atoms with van der Waals surface area (Å²) in [7, 11) is 0. The van der Waals surface area contributed by atoms with Crippen LogP contribution in [-0.4, -0.2) is 69.9 Å². The fourth-order valence-corrected chi connectivity index (χ4v) is 4.01. The first-order valence-electron chi connectivity index (χ1n) is 11.3. The maximum atomic E-state index is 12.9. The van der Waals surface area contributed by atoms with Crippen LogP contribution in [0.1, 0.15) is 26.7 Å². The minimum atomic E-state index is -0.0337. The van der Waals surface area contributed by atoms with Crippen molar-refractivity contribution in [3.05, 3.63) is 42.7 Å². The number of piperidine rings is 1. The lowest BCUT2D eigenvalue weighted by Gasteiger charge is -2.32. The fraction of sp³-hybridized carbons (Fsp3) is 0.478. The highest BCUT2D eigenvalue weighted by atomic mass is 16.5. The fourth-order valence-electron chi connectivity index (χ4n) is 4.01. The molecule has 0 unspecified atom stereocenters. The Morgan fingerprint density at radius 2 is 1.94 bits per heavy atom. The number of nitrogens with zero attached hydrogens (tertiary/aromatic N) is 6. The van der Waals surface area contributed by atoms with Crippen LogP contribution in [0.2, 0.25) is 0 Å². The molecular formula is C23H31N7O2. The number of benzene rings is 1. The summed E-state index contributed by atoms with van der Waals surface area (Å²) < 4.78 is 7.65. The number of nitrogens with one attached hydrogen (secondary N) is 1. The minimum Gasteiger partial charge on any atom is -0.490 e. The van der Waals surface area contributed by atoms with E-state index in [2.05, 4.69) is 44.3 Å². The average Bonchev–Trinajstić information content (AvgIpc) is 3.31. The summed E-state index contributed by atoms with van der Waals surface area (Å²) in [4.78, 5) is 17.5. The Kier molecular flexibility index (Phi) is 7.16. The van der Waals surface area contributed by atoms with Gasteiger partial charge in [-0.05, 0) is 50.2 Å². The summed E-state index contributed by atoms with van der Waals surface area (Å²) >= 11 is 0. The summed E-state index contributed by atoms with van der Waals surface area (Å²) in [6.07, 6.45) is 3.15. The van der Waals surface area contributed by atoms with E-state index in [9.17, 15) is 4.79 Å². The lowest BCUT2D eigenvalue weighted by atomic mass is 9.95. The van der Waals surface area contributed by atoms with Crippen molar-refractivity contribution in [3.63, 3.8) is 0 Å². The number of amides is 1. The Labute approximate surface area is 188 Å². The number of carbonyl (C=O) groups excluding carboxylic acids is 1. The van der Waals surface area contributed by atoms with E-state index in [1.165, 1.54) is 0 Å². The van der Waals surface area contributed by atoms with Crippen molar-refractivity contribution in [2.24, 2.45) is 5.92 Å². The van der Waals surface area contributed by atoms with Crippen molar-refractivity contribution >= 4 is 23.1 Å². The number of likely N-dealkylation sites (N-methyl/N-ethyl adjacent to an activating group) is 1. The van der Waals surface area contributed by atoms with Gasteiger partial charge in [-0.25, -0.2) is 0 Å². The van der Waals surface area contributed by atoms with E-state index in [-0.39, 0.29) is 11.8 Å². The SMILES string of the molecule is CCN(CC)CCOc1ccccc1NC(=O)C1CCN(c2ccc3nncn3n2)CC1. The van der Waals surface area contributed by atoms with Gasteiger partial charge in [0.25, 0.3) is 0 Å². The highest BCUT2D eigenvalue weighted by Gasteiger charge is 2.26. The van der Waals surface area contributed by atoms with Crippen LogP contribution >= 0.6 is 0 Å². The van der Waals surface area contributed by atoms with Gasteiger partial charge in [0.1, 0.15) is 24.5 Å². The number of hydrogen-bond donors (Lipinski definition) is 1. The molecule has 32 heavy (non-hydrogen) atoms. The largest absolute Gasteiger partial charge is 0.490 e. The maximum Gasteiger partial charge on any atom is 0.227 e. The van der Waals surface area contributed by atoms with Crippen molar-refractivity contribution in [3.8, 4) is 5.75 Å². The molecule has 1 aliphatic heterocycles. The molecule has 3 aromatic rings. The summed E-state index contributed by atoms with van der Waals surface area (Å²) in [5.74, 6) is 1.61. The highest BCUT2D eigenvalue weighted by Crippen LogP contribution is 2.27. The van der Waals surface area contributed by atoms with E-state index in [0.29, 0.717) is 6.61 Å². The quantitative estimate of drug-likeness (QED) is 0.551. The molecule has 1 aromatic carbocycles. The number of rotatable bonds is 9. The van der Waals surface area contributed by atoms with Crippen LogP contribution in [0, 0.1) is 5.92 Å². The number of anilines is 2. The first-order valence-corrected chi connectivity index (χ1v) is 11.3. The van der Waals surface area contributed by atoms with Gasteiger partial charge in [-0.3, -0.25) is 4.79 Å². The first kappa shape index (κ1) is 22.0. The van der Waals surface area contributed by atoms with Crippen LogP contribution in [0.3, 0.4) is 0 Å². The van der Waals surface area contributed by atoms with Crippen LogP contribution in [-0.2, 0) is 4.79 Å². The monoisotopic (exact) mass is 437 g/mol. The van der Waals surface area contributed by atoms with Crippen molar-refractivity contribution in [1.29, 1.82) is 0 Å². The predicted molar refractivity (Wildman–Crippen MR) is 124 cm³/mol. The van der Waals surface area contributed by atoms with Crippen molar-refractivity contribution < 1.29 is 9.53 Å². The molecule has 3 heterocycles. The first-order chi connectivity index (χ1) is 15.7. The standard InChI is InChI=1S/C23H31N7O2/c1-3-28(4-2)15-16-32-20-8-6-5-7-19(20)25-23(31)18-11-13-29(14-12-18)22-10-9-21-26-24-17-30(21)27-22/h5-10,17-18H,3-4,11-16H2,1-2H3,(H,25,31). The molecule has 0 bridgehead atoms. The molecular weight excluding hydrogens is 406 g/mol. The Bertz CT molecular complexity index is 1030. The van der Waals surface area contributed by atoms with Gasteiger partial charge in [-0.2, -0.15) is 4.52 Å². The normalized spacial score (nSPS) is 14.8. The van der Waals surface area contributed by atoms with Gasteiger partial charge in [-0.1, -0.05) is 26.0 Å². The van der Waals surface area contributed by atoms with E-state index < -0.39 is 0 Å². The van der Waals surface area contributed by atoms with Crippen molar-refractivity contribution in [2.75, 3.05) is 49.5 Å². The molecule has 9 heteroatoms. The lowest BCUT2D eigenvalue weighted by Crippen LogP contribution is -2.38. The van der Waals surface area contributed by atoms with Gasteiger partial charge in [0.05, 0.1) is 5.69 Å². The molecule has 0 radical (unpaired) electrons. The van der Waals surface area contributed by atoms with E-state index in [4.69, 9.17) is 4.74 Å². The predicted octanol–water partition coefficient (Wildman–Crippen LogP) is 2.70. The van der Waals surface area contributed by atoms with Crippen molar-refractivity contribution in [2.45, 2.75) is 26.7 Å². The molecule has 0 saturated carbocycles. The molecule has 1 aliphatic rings. The highest BCUT2D eigenvalue weighted by molar-refractivity contribution is 5.94. The van der Waals surface area contributed by atoms with Crippen molar-refractivity contribution in [1.82, 2.24) is 24.7 Å². The topological polar surface area (TPSA) is 87.9 Å². The van der Waals surface area contributed by atoms with Gasteiger partial charge < -0.3 is 19.9 Å². The van der Waals surface area contributed by atoms with Gasteiger partial charge in [0, 0.05) is 25.6 Å². The molecule has 0 spiro atoms. The van der Waals surface area contributed by atoms with Gasteiger partial charge in [0.2, 0.25) is 5.91 Å². The molecule has 4 rings (SSSR count). The van der Waals surface area contributed by atoms with Crippen LogP contribution < -0.4 is 15.0 Å². The molecule has 1 N–H and O–H groups in total. The molecule has 2 aromatic heterocycles. The van der Waals surface area contributed by atoms with E-state index >= 15 is 0 Å². The third-order valence-corrected chi connectivity index (χ3v) is 6.04. The second-order valence-electron chi connectivity index (χ2n) is 7.95. The second kappa shape index (κ2) is 10.4. The van der Waals surface area contributed by atoms with Gasteiger partial charge >= 0.3 is 0 Å². The Morgan fingerprint density at radius 3 is 2.72 bits per heavy atom. The number of ether oxygens (including phenoxy) is 1. The molecule has 0 aliphatic carbocycles. The van der Waals surface area contributed by atoms with Crippen LogP contribution in [0.15, 0.2) is 42.7 Å². The molecule has 1 amide bonds. The summed E-state index contributed by atoms with van der Waals surface area (Å²) in [6.45, 7) is 9.30. The zero-order valence-corrected chi connectivity index (χ0v) is 18.8. The lowest BCUT2D eigenvalue weighted by molar-refractivity contribution is -0.120. The smallest absolute Gasteiger partial charge is 0.227 e. The maximum absolute atomic E-state index is 12.9. The second-order valence-corrected chi connectivity index (χ2v) is 7.95. The summed E-state index contributed by atoms with van der Waals surface area (Å²) in [6, 6.07) is 11.5. The number of hydrogen-bond acceptors (Lipinski definition) is 7. The summed E-state index contributed by atoms with van der Waals surface area (Å²) in [5, 5.41) is 15.5. The molecule has 1 saturated heterocycles. The molecule has 0 atom stereocenters. The zero-order chi connectivity index (χ0) is 22.3. The third-order valence-electron chi connectivity index (χ3n) is 6.04. The van der Waals surface area contributed by atoms with Crippen LogP contribution in [0.5, 0.6) is 5.75 Å². The molecule has 170 valence electrons. The van der Waals surface area contributed by atoms with Crippen LogP contribution in [0.25, 0.3) is 5.65 Å². The molecule has 9 nitrogen and oxygen atoms in total. The van der Waals surface area contributed by atoms with Crippen LogP contribution in [0.4, 0.5) is 11.5 Å². The van der Waals surface area contributed by atoms with Gasteiger partial charge in [0.15, 0.2) is 5.65 Å². The molecule has 1 fully saturated rings. The van der Waals surface area contributed by atoms with E-state index in [0.717, 1.165) is 68.5 Å². The van der Waals surface area contributed by atoms with E-state index in [1.807, 2.05) is 36.4 Å². The third kappa shape index (κ3) is 5.16. The number of aromatic nitrogens is 4. The van der Waals surface area contributed by atoms with E-state index in [1.54, 1.807) is 10.8 Å². The Morgan fingerprint density at radius 1 is 1.16 bits per heavy atom. The van der Waals surface area contributed by atoms with Gasteiger partial charge in [-0.15, -0.1) is 15.3 Å². The number of carbonyl (C=O) groups is 1. The Balaban J connectivity index is 1.31. The minimum absolute atomic E-state index is 0.0337. The average molecular weight is 438 g/mol. The number of para-hydroxylation sites is 2.